The van der Waals surface area contributed by atoms with Crippen LogP contribution in [0.2, 0.25) is 13.3 Å². The maximum absolute atomic E-state index is 2.34. The van der Waals surface area contributed by atoms with Crippen molar-refractivity contribution in [2.24, 2.45) is 0 Å². The maximum Gasteiger partial charge on any atom is -0.147 e. The molecule has 0 aliphatic rings. The van der Waals surface area contributed by atoms with E-state index in [0.29, 0.717) is 0 Å². The standard InChI is InChI=1S/3C4H9.ClH.Sn.H/c3*1-3-4-2;;;/h3*1,3-4H2,2H3;1H;;. The molecule has 0 unspecified atom stereocenters. The molecule has 2 heteroatoms. The topological polar surface area (TPSA) is 0 Å². The first kappa shape index (κ1) is 17.5. The van der Waals surface area contributed by atoms with Crippen LogP contribution in [-0.4, -0.2) is 19.8 Å². The second kappa shape index (κ2) is 14.1. The SMILES string of the molecule is CCC[CH2][SnH]([CH2]CCC)[CH2]CCC.Cl. The molecule has 0 saturated carbocycles. The average molecular weight is 328 g/mol. The van der Waals surface area contributed by atoms with Crippen molar-refractivity contribution >= 4 is 32.2 Å². The largest absolute Gasteiger partial charge is 0.147 e. The van der Waals surface area contributed by atoms with Crippen molar-refractivity contribution in [3.63, 3.8) is 0 Å². The number of halogens is 1. The van der Waals surface area contributed by atoms with Crippen molar-refractivity contribution in [1.29, 1.82) is 0 Å². The van der Waals surface area contributed by atoms with Gasteiger partial charge in [0, 0.05) is 0 Å². The van der Waals surface area contributed by atoms with E-state index in [-0.39, 0.29) is 12.4 Å². The third kappa shape index (κ3) is 11.2. The molecule has 0 N–H and O–H groups in total. The summed E-state index contributed by atoms with van der Waals surface area (Å²) in [6, 6.07) is 0. The first-order chi connectivity index (χ1) is 6.35. The minimum atomic E-state index is -0.967. The zero-order valence-corrected chi connectivity index (χ0v) is 14.5. The fourth-order valence-corrected chi connectivity index (χ4v) is 12.8. The summed E-state index contributed by atoms with van der Waals surface area (Å²) in [5, 5.41) is 0. The zero-order valence-electron chi connectivity index (χ0n) is 10.3. The van der Waals surface area contributed by atoms with E-state index >= 15 is 0 Å². The Kier molecular flexibility index (Phi) is 17.6. The Hall–Kier alpha value is 1.09. The van der Waals surface area contributed by atoms with Crippen LogP contribution in [0.1, 0.15) is 59.3 Å². The minimum absolute atomic E-state index is 0. The summed E-state index contributed by atoms with van der Waals surface area (Å²) in [4.78, 5) is 0. The summed E-state index contributed by atoms with van der Waals surface area (Å²) in [6.07, 6.45) is 8.87. The predicted molar refractivity (Wildman–Crippen MR) is 73.5 cm³/mol. The summed E-state index contributed by atoms with van der Waals surface area (Å²) >= 11 is -0.967. The molecule has 0 aliphatic carbocycles. The normalized spacial score (nSPS) is 10.3. The smallest absolute Gasteiger partial charge is 0.147 e. The Morgan fingerprint density at radius 1 is 0.643 bits per heavy atom. The molecule has 0 amide bonds. The number of hydrogen-bond donors (Lipinski definition) is 0. The van der Waals surface area contributed by atoms with Gasteiger partial charge in [0.2, 0.25) is 0 Å². The van der Waals surface area contributed by atoms with Crippen molar-refractivity contribution < 1.29 is 0 Å². The van der Waals surface area contributed by atoms with Gasteiger partial charge in [0.15, 0.2) is 0 Å². The quantitative estimate of drug-likeness (QED) is 0.521. The molecule has 0 aromatic rings. The summed E-state index contributed by atoms with van der Waals surface area (Å²) < 4.78 is 5.08. The first-order valence-corrected chi connectivity index (χ1v) is 13.3. The Balaban J connectivity index is 0. The van der Waals surface area contributed by atoms with E-state index in [9.17, 15) is 0 Å². The molecule has 0 spiro atoms. The van der Waals surface area contributed by atoms with Gasteiger partial charge in [-0.25, -0.2) is 0 Å². The fraction of sp³-hybridized carbons (Fsp3) is 1.00. The second-order valence-electron chi connectivity index (χ2n) is 4.29. The van der Waals surface area contributed by atoms with E-state index in [2.05, 4.69) is 20.8 Å². The van der Waals surface area contributed by atoms with Crippen LogP contribution in [0.25, 0.3) is 0 Å². The minimum Gasteiger partial charge on any atom is -0.147 e. The summed E-state index contributed by atoms with van der Waals surface area (Å²) in [5.41, 5.74) is 0. The molecule has 0 saturated heterocycles. The van der Waals surface area contributed by atoms with Crippen LogP contribution in [0.15, 0.2) is 0 Å². The molecular weight excluding hydrogens is 298 g/mol. The summed E-state index contributed by atoms with van der Waals surface area (Å²) in [7, 11) is 0. The Labute approximate surface area is 104 Å². The van der Waals surface area contributed by atoms with Crippen molar-refractivity contribution in [2.75, 3.05) is 0 Å². The van der Waals surface area contributed by atoms with Crippen molar-refractivity contribution in [3.05, 3.63) is 0 Å². The number of hydrogen-bond acceptors (Lipinski definition) is 0. The van der Waals surface area contributed by atoms with Gasteiger partial charge in [-0.05, 0) is 0 Å². The molecule has 0 radical (unpaired) electrons. The number of rotatable bonds is 9. The van der Waals surface area contributed by atoms with Crippen molar-refractivity contribution in [2.45, 2.75) is 72.6 Å². The third-order valence-electron chi connectivity index (χ3n) is 2.90. The molecule has 0 nitrogen and oxygen atoms in total. The van der Waals surface area contributed by atoms with Gasteiger partial charge in [-0.15, -0.1) is 12.4 Å². The Bertz CT molecular complexity index is 77.3. The number of unbranched alkanes of at least 4 members (excludes halogenated alkanes) is 3. The Morgan fingerprint density at radius 3 is 1.14 bits per heavy atom. The molecule has 88 valence electrons. The van der Waals surface area contributed by atoms with E-state index in [4.69, 9.17) is 0 Å². The summed E-state index contributed by atoms with van der Waals surface area (Å²) in [5.74, 6) is 0. The van der Waals surface area contributed by atoms with Gasteiger partial charge in [-0.3, -0.25) is 0 Å². The molecule has 0 aliphatic heterocycles. The Morgan fingerprint density at radius 2 is 0.929 bits per heavy atom. The van der Waals surface area contributed by atoms with Crippen LogP contribution in [0.5, 0.6) is 0 Å². The molecule has 0 fully saturated rings. The summed E-state index contributed by atoms with van der Waals surface area (Å²) in [6.45, 7) is 7.01. The van der Waals surface area contributed by atoms with E-state index in [0.717, 1.165) is 0 Å². The average Bonchev–Trinajstić information content (AvgIpc) is 2.17. The third-order valence-corrected chi connectivity index (χ3v) is 13.4. The molecule has 0 bridgehead atoms. The van der Waals surface area contributed by atoms with Crippen LogP contribution in [0.4, 0.5) is 0 Å². The van der Waals surface area contributed by atoms with Crippen LogP contribution in [0, 0.1) is 0 Å². The maximum atomic E-state index is 2.34. The van der Waals surface area contributed by atoms with Crippen LogP contribution in [-0.2, 0) is 0 Å². The van der Waals surface area contributed by atoms with E-state index in [1.165, 1.54) is 38.5 Å². The molecule has 0 heterocycles. The monoisotopic (exact) mass is 328 g/mol. The first-order valence-electron chi connectivity index (χ1n) is 6.35. The molecular formula is C12H29ClSn. The second-order valence-corrected chi connectivity index (χ2v) is 14.2. The van der Waals surface area contributed by atoms with E-state index in [1.807, 2.05) is 0 Å². The van der Waals surface area contributed by atoms with Crippen LogP contribution in [0.3, 0.4) is 0 Å². The van der Waals surface area contributed by atoms with Gasteiger partial charge in [-0.1, -0.05) is 0 Å². The molecule has 0 aromatic heterocycles. The van der Waals surface area contributed by atoms with Gasteiger partial charge >= 0.3 is 92.4 Å². The van der Waals surface area contributed by atoms with Gasteiger partial charge in [0.1, 0.15) is 0 Å². The van der Waals surface area contributed by atoms with E-state index < -0.39 is 19.8 Å². The van der Waals surface area contributed by atoms with Crippen LogP contribution >= 0.6 is 12.4 Å². The predicted octanol–water partition coefficient (Wildman–Crippen LogP) is 5.04. The van der Waals surface area contributed by atoms with Crippen molar-refractivity contribution in [1.82, 2.24) is 0 Å². The molecule has 0 atom stereocenters. The van der Waals surface area contributed by atoms with E-state index in [1.54, 1.807) is 13.3 Å². The molecule has 0 rings (SSSR count). The van der Waals surface area contributed by atoms with Gasteiger partial charge in [0.05, 0.1) is 0 Å². The van der Waals surface area contributed by atoms with Crippen LogP contribution < -0.4 is 0 Å². The van der Waals surface area contributed by atoms with Gasteiger partial charge in [-0.2, -0.15) is 0 Å². The fourth-order valence-electron chi connectivity index (χ4n) is 1.91. The molecule has 0 aromatic carbocycles. The zero-order chi connectivity index (χ0) is 9.94. The van der Waals surface area contributed by atoms with Crippen molar-refractivity contribution in [3.8, 4) is 0 Å². The molecule has 14 heavy (non-hydrogen) atoms. The van der Waals surface area contributed by atoms with Gasteiger partial charge < -0.3 is 0 Å². The van der Waals surface area contributed by atoms with Gasteiger partial charge in [0.25, 0.3) is 0 Å².